The molecule has 18 heavy (non-hydrogen) atoms. The van der Waals surface area contributed by atoms with Crippen molar-refractivity contribution >= 4 is 5.82 Å². The number of hydrogen-bond acceptors (Lipinski definition) is 4. The Morgan fingerprint density at radius 2 is 2.06 bits per heavy atom. The second kappa shape index (κ2) is 5.16. The van der Waals surface area contributed by atoms with Crippen molar-refractivity contribution in [1.82, 2.24) is 19.7 Å². The van der Waals surface area contributed by atoms with Gasteiger partial charge >= 0.3 is 0 Å². The van der Waals surface area contributed by atoms with Gasteiger partial charge in [0.25, 0.3) is 0 Å². The molecule has 0 amide bonds. The van der Waals surface area contributed by atoms with E-state index in [1.54, 1.807) is 6.20 Å². The number of aryl methyl sites for hydroxylation is 2. The summed E-state index contributed by atoms with van der Waals surface area (Å²) in [4.78, 5) is 8.93. The van der Waals surface area contributed by atoms with Gasteiger partial charge in [-0.25, -0.2) is 9.97 Å². The topological polar surface area (TPSA) is 69.6 Å². The maximum Gasteiger partial charge on any atom is 0.180 e. The predicted octanol–water partition coefficient (Wildman–Crippen LogP) is 2.20. The summed E-state index contributed by atoms with van der Waals surface area (Å²) in [5.74, 6) is 1.23. The first-order valence-electron chi connectivity index (χ1n) is 6.32. The summed E-state index contributed by atoms with van der Waals surface area (Å²) < 4.78 is 1.92. The second-order valence-corrected chi connectivity index (χ2v) is 4.29. The van der Waals surface area contributed by atoms with Crippen LogP contribution in [-0.4, -0.2) is 19.7 Å². The summed E-state index contributed by atoms with van der Waals surface area (Å²) in [6.45, 7) is 7.01. The molecule has 0 radical (unpaired) electrons. The molecule has 2 N–H and O–H groups in total. The monoisotopic (exact) mass is 245 g/mol. The first-order valence-corrected chi connectivity index (χ1v) is 6.32. The Balaban J connectivity index is 2.48. The molecule has 0 aromatic carbocycles. The van der Waals surface area contributed by atoms with Crippen molar-refractivity contribution in [3.8, 4) is 11.5 Å². The zero-order valence-corrected chi connectivity index (χ0v) is 11.1. The van der Waals surface area contributed by atoms with Crippen LogP contribution in [0.3, 0.4) is 0 Å². The highest BCUT2D eigenvalue weighted by Gasteiger charge is 2.12. The van der Waals surface area contributed by atoms with E-state index in [1.807, 2.05) is 17.7 Å². The van der Waals surface area contributed by atoms with Gasteiger partial charge in [-0.05, 0) is 25.8 Å². The molecule has 2 heterocycles. The van der Waals surface area contributed by atoms with E-state index in [9.17, 15) is 0 Å². The highest BCUT2D eigenvalue weighted by Crippen LogP contribution is 2.20. The summed E-state index contributed by atoms with van der Waals surface area (Å²) in [5.41, 5.74) is 8.88. The Kier molecular flexibility index (Phi) is 3.60. The number of anilines is 1. The Bertz CT molecular complexity index is 521. The molecule has 0 unspecified atom stereocenters. The van der Waals surface area contributed by atoms with Crippen LogP contribution < -0.4 is 5.73 Å². The first-order chi connectivity index (χ1) is 8.67. The maximum absolute atomic E-state index is 5.98. The normalized spacial score (nSPS) is 10.8. The smallest absolute Gasteiger partial charge is 0.180 e. The Morgan fingerprint density at radius 1 is 1.28 bits per heavy atom. The lowest BCUT2D eigenvalue weighted by atomic mass is 10.1. The van der Waals surface area contributed by atoms with Crippen molar-refractivity contribution in [3.63, 3.8) is 0 Å². The average molecular weight is 245 g/mol. The third kappa shape index (κ3) is 2.20. The van der Waals surface area contributed by atoms with Crippen LogP contribution >= 0.6 is 0 Å². The number of aromatic nitrogens is 4. The summed E-state index contributed by atoms with van der Waals surface area (Å²) in [7, 11) is 0. The van der Waals surface area contributed by atoms with E-state index in [0.29, 0.717) is 11.6 Å². The third-order valence-electron chi connectivity index (χ3n) is 2.98. The van der Waals surface area contributed by atoms with Gasteiger partial charge < -0.3 is 5.73 Å². The van der Waals surface area contributed by atoms with Gasteiger partial charge in [0.1, 0.15) is 11.5 Å². The molecule has 0 bridgehead atoms. The highest BCUT2D eigenvalue weighted by molar-refractivity contribution is 5.55. The van der Waals surface area contributed by atoms with Crippen molar-refractivity contribution < 1.29 is 0 Å². The maximum atomic E-state index is 5.98. The van der Waals surface area contributed by atoms with E-state index < -0.39 is 0 Å². The molecular formula is C13H19N5. The number of rotatable bonds is 4. The average Bonchev–Trinajstić information content (AvgIpc) is 2.77. The molecule has 0 spiro atoms. The van der Waals surface area contributed by atoms with Crippen molar-refractivity contribution in [2.24, 2.45) is 0 Å². The number of nitrogen functional groups attached to an aromatic ring is 1. The summed E-state index contributed by atoms with van der Waals surface area (Å²) in [6.07, 6.45) is 3.65. The van der Waals surface area contributed by atoms with E-state index in [2.05, 4.69) is 28.9 Å². The minimum atomic E-state index is 0.573. The SMILES string of the molecule is CCCn1nccc1-c1nc(C)c(CC)c(N)n1. The zero-order chi connectivity index (χ0) is 13.1. The molecule has 0 saturated carbocycles. The molecule has 0 saturated heterocycles. The largest absolute Gasteiger partial charge is 0.383 e. The number of nitrogens with zero attached hydrogens (tertiary/aromatic N) is 4. The van der Waals surface area contributed by atoms with E-state index >= 15 is 0 Å². The van der Waals surface area contributed by atoms with Crippen LogP contribution in [0.4, 0.5) is 5.82 Å². The minimum absolute atomic E-state index is 0.573. The quantitative estimate of drug-likeness (QED) is 0.896. The lowest BCUT2D eigenvalue weighted by Gasteiger charge is -2.10. The van der Waals surface area contributed by atoms with E-state index in [4.69, 9.17) is 5.73 Å². The molecule has 0 aliphatic carbocycles. The predicted molar refractivity (Wildman–Crippen MR) is 72.1 cm³/mol. The fraction of sp³-hybridized carbons (Fsp3) is 0.462. The van der Waals surface area contributed by atoms with Crippen molar-refractivity contribution in [2.45, 2.75) is 40.2 Å². The Labute approximate surface area is 107 Å². The third-order valence-corrected chi connectivity index (χ3v) is 2.98. The zero-order valence-electron chi connectivity index (χ0n) is 11.1. The van der Waals surface area contributed by atoms with Crippen molar-refractivity contribution in [1.29, 1.82) is 0 Å². The Morgan fingerprint density at radius 3 is 2.67 bits per heavy atom. The molecule has 2 aromatic rings. The van der Waals surface area contributed by atoms with Crippen LogP contribution in [0.1, 0.15) is 31.5 Å². The molecule has 0 aliphatic rings. The fourth-order valence-electron chi connectivity index (χ4n) is 2.08. The number of hydrogen-bond donors (Lipinski definition) is 1. The molecule has 0 atom stereocenters. The van der Waals surface area contributed by atoms with Crippen LogP contribution in [0.15, 0.2) is 12.3 Å². The molecule has 2 aromatic heterocycles. The molecule has 0 fully saturated rings. The van der Waals surface area contributed by atoms with Crippen LogP contribution in [0.2, 0.25) is 0 Å². The van der Waals surface area contributed by atoms with Gasteiger partial charge in [-0.3, -0.25) is 4.68 Å². The van der Waals surface area contributed by atoms with Crippen LogP contribution in [-0.2, 0) is 13.0 Å². The van der Waals surface area contributed by atoms with Gasteiger partial charge in [-0.2, -0.15) is 5.10 Å². The van der Waals surface area contributed by atoms with Crippen LogP contribution in [0.25, 0.3) is 11.5 Å². The van der Waals surface area contributed by atoms with Crippen molar-refractivity contribution in [2.75, 3.05) is 5.73 Å². The minimum Gasteiger partial charge on any atom is -0.383 e. The van der Waals surface area contributed by atoms with Crippen LogP contribution in [0.5, 0.6) is 0 Å². The van der Waals surface area contributed by atoms with Gasteiger partial charge in [0, 0.05) is 24.0 Å². The summed E-state index contributed by atoms with van der Waals surface area (Å²) in [5, 5.41) is 4.28. The van der Waals surface area contributed by atoms with Crippen LogP contribution in [0, 0.1) is 6.92 Å². The highest BCUT2D eigenvalue weighted by atomic mass is 15.3. The molecule has 5 heteroatoms. The molecule has 2 rings (SSSR count). The van der Waals surface area contributed by atoms with Crippen molar-refractivity contribution in [3.05, 3.63) is 23.5 Å². The van der Waals surface area contributed by atoms with Gasteiger partial charge in [0.05, 0.1) is 0 Å². The van der Waals surface area contributed by atoms with Gasteiger partial charge in [0.15, 0.2) is 5.82 Å². The van der Waals surface area contributed by atoms with Gasteiger partial charge in [0.2, 0.25) is 0 Å². The molecule has 5 nitrogen and oxygen atoms in total. The van der Waals surface area contributed by atoms with E-state index in [1.165, 1.54) is 0 Å². The van der Waals surface area contributed by atoms with Gasteiger partial charge in [-0.15, -0.1) is 0 Å². The molecular weight excluding hydrogens is 226 g/mol. The van der Waals surface area contributed by atoms with E-state index in [-0.39, 0.29) is 0 Å². The first kappa shape index (κ1) is 12.5. The number of nitrogens with two attached hydrogens (primary N) is 1. The lowest BCUT2D eigenvalue weighted by Crippen LogP contribution is -2.08. The fourth-order valence-corrected chi connectivity index (χ4v) is 2.08. The standard InChI is InChI=1S/C13H19N5/c1-4-8-18-11(6-7-15-18)13-16-9(3)10(5-2)12(14)17-13/h6-7H,4-5,8H2,1-3H3,(H2,14,16,17). The van der Waals surface area contributed by atoms with E-state index in [0.717, 1.165) is 36.3 Å². The van der Waals surface area contributed by atoms with Gasteiger partial charge in [-0.1, -0.05) is 13.8 Å². The summed E-state index contributed by atoms with van der Waals surface area (Å²) in [6, 6.07) is 1.93. The summed E-state index contributed by atoms with van der Waals surface area (Å²) >= 11 is 0. The Hall–Kier alpha value is -1.91. The molecule has 0 aliphatic heterocycles. The molecule has 96 valence electrons. The second-order valence-electron chi connectivity index (χ2n) is 4.29. The lowest BCUT2D eigenvalue weighted by molar-refractivity contribution is 0.606.